The van der Waals surface area contributed by atoms with Crippen LogP contribution in [0.5, 0.6) is 5.75 Å². The first-order valence-corrected chi connectivity index (χ1v) is 13.0. The Labute approximate surface area is 211 Å². The monoisotopic (exact) mass is 490 g/mol. The van der Waals surface area contributed by atoms with Crippen LogP contribution in [0, 0.1) is 25.7 Å². The van der Waals surface area contributed by atoms with Gasteiger partial charge < -0.3 is 9.84 Å². The van der Waals surface area contributed by atoms with E-state index in [2.05, 4.69) is 15.1 Å². The van der Waals surface area contributed by atoms with E-state index in [1.807, 2.05) is 39.0 Å². The Hall–Kier alpha value is -3.29. The van der Waals surface area contributed by atoms with Gasteiger partial charge in [0.1, 0.15) is 17.3 Å². The fourth-order valence-corrected chi connectivity index (χ4v) is 5.99. The van der Waals surface area contributed by atoms with Gasteiger partial charge in [0.05, 0.1) is 0 Å². The number of nitrogens with zero attached hydrogens (tertiary/aromatic N) is 4. The molecule has 0 spiro atoms. The molecule has 1 saturated carbocycles. The molecular formula is C28H34N4O4. The van der Waals surface area contributed by atoms with Crippen LogP contribution in [-0.2, 0) is 33.6 Å². The first-order valence-electron chi connectivity index (χ1n) is 13.0. The van der Waals surface area contributed by atoms with Gasteiger partial charge in [0.2, 0.25) is 0 Å². The van der Waals surface area contributed by atoms with E-state index in [1.54, 1.807) is 10.6 Å². The van der Waals surface area contributed by atoms with E-state index in [0.29, 0.717) is 30.2 Å². The largest absolute Gasteiger partial charge is 0.508 e. The van der Waals surface area contributed by atoms with Crippen molar-refractivity contribution in [1.82, 2.24) is 19.6 Å². The number of aromatic nitrogens is 4. The number of ether oxygens (including phenoxy) is 1. The highest BCUT2D eigenvalue weighted by molar-refractivity contribution is 6.01. The number of rotatable bonds is 7. The molecule has 5 rings (SSSR count). The number of ketones is 1. The normalized spacial score (nSPS) is 22.9. The summed E-state index contributed by atoms with van der Waals surface area (Å²) in [5.74, 6) is -0.0441. The predicted octanol–water partition coefficient (Wildman–Crippen LogP) is 4.25. The van der Waals surface area contributed by atoms with Crippen LogP contribution < -0.4 is 0 Å². The zero-order valence-electron chi connectivity index (χ0n) is 21.3. The van der Waals surface area contributed by atoms with Crippen molar-refractivity contribution in [3.05, 3.63) is 52.6 Å². The fourth-order valence-electron chi connectivity index (χ4n) is 5.99. The maximum absolute atomic E-state index is 13.5. The van der Waals surface area contributed by atoms with Crippen molar-refractivity contribution in [2.75, 3.05) is 0 Å². The van der Waals surface area contributed by atoms with Gasteiger partial charge in [-0.3, -0.25) is 9.59 Å². The van der Waals surface area contributed by atoms with Crippen LogP contribution in [0.25, 0.3) is 5.78 Å². The highest BCUT2D eigenvalue weighted by Crippen LogP contribution is 2.45. The average molecular weight is 491 g/mol. The average Bonchev–Trinajstić information content (AvgIpc) is 3.52. The molecule has 0 amide bonds. The summed E-state index contributed by atoms with van der Waals surface area (Å²) in [6.45, 7) is 5.83. The van der Waals surface area contributed by atoms with Crippen molar-refractivity contribution in [2.24, 2.45) is 11.8 Å². The summed E-state index contributed by atoms with van der Waals surface area (Å²) < 4.78 is 7.89. The van der Waals surface area contributed by atoms with Gasteiger partial charge in [-0.25, -0.2) is 9.50 Å². The van der Waals surface area contributed by atoms with Crippen molar-refractivity contribution in [3.8, 4) is 5.75 Å². The molecule has 2 aliphatic rings. The molecule has 1 aliphatic carbocycles. The lowest BCUT2D eigenvalue weighted by Gasteiger charge is -2.43. The predicted molar refractivity (Wildman–Crippen MR) is 134 cm³/mol. The smallest absolute Gasteiger partial charge is 0.317 e. The number of Topliss-reactive ketones (excluding diaryl/α,β-unsaturated/α-hetero) is 1. The molecule has 8 nitrogen and oxygen atoms in total. The molecule has 1 N–H and O–H groups in total. The van der Waals surface area contributed by atoms with Crippen LogP contribution >= 0.6 is 0 Å². The molecule has 2 atom stereocenters. The first-order chi connectivity index (χ1) is 17.3. The number of phenols is 1. The molecule has 0 bridgehead atoms. The summed E-state index contributed by atoms with van der Waals surface area (Å²) in [5, 5.41) is 14.5. The molecule has 1 saturated heterocycles. The van der Waals surface area contributed by atoms with Gasteiger partial charge in [-0.1, -0.05) is 31.9 Å². The summed E-state index contributed by atoms with van der Waals surface area (Å²) in [7, 11) is 0. The van der Waals surface area contributed by atoms with Crippen LogP contribution in [-0.4, -0.2) is 42.0 Å². The number of phenolic OH excluding ortho intramolecular Hbond substituents is 1. The lowest BCUT2D eigenvalue weighted by atomic mass is 9.73. The highest BCUT2D eigenvalue weighted by Gasteiger charge is 2.51. The van der Waals surface area contributed by atoms with Gasteiger partial charge in [0, 0.05) is 24.2 Å². The third-order valence-electron chi connectivity index (χ3n) is 7.96. The summed E-state index contributed by atoms with van der Waals surface area (Å²) in [6, 6.07) is 7.57. The molecule has 190 valence electrons. The van der Waals surface area contributed by atoms with Crippen molar-refractivity contribution in [1.29, 1.82) is 0 Å². The minimum Gasteiger partial charge on any atom is -0.508 e. The molecular weight excluding hydrogens is 456 g/mol. The van der Waals surface area contributed by atoms with E-state index >= 15 is 0 Å². The van der Waals surface area contributed by atoms with Crippen molar-refractivity contribution >= 4 is 17.5 Å². The Kier molecular flexibility index (Phi) is 6.53. The van der Waals surface area contributed by atoms with Crippen LogP contribution in [0.2, 0.25) is 0 Å². The lowest BCUT2D eigenvalue weighted by Crippen LogP contribution is -2.52. The van der Waals surface area contributed by atoms with Gasteiger partial charge >= 0.3 is 5.97 Å². The van der Waals surface area contributed by atoms with Crippen LogP contribution in [0.15, 0.2) is 24.3 Å². The summed E-state index contributed by atoms with van der Waals surface area (Å²) in [4.78, 5) is 35.7. The maximum atomic E-state index is 13.5. The molecule has 1 aromatic carbocycles. The van der Waals surface area contributed by atoms with Gasteiger partial charge in [0.15, 0.2) is 11.6 Å². The second-order valence-corrected chi connectivity index (χ2v) is 10.5. The number of carbonyl (C=O) groups is 2. The molecule has 2 fully saturated rings. The molecule has 0 radical (unpaired) electrons. The van der Waals surface area contributed by atoms with Gasteiger partial charge in [-0.2, -0.15) is 4.98 Å². The topological polar surface area (TPSA) is 107 Å². The summed E-state index contributed by atoms with van der Waals surface area (Å²) >= 11 is 0. The van der Waals surface area contributed by atoms with E-state index < -0.39 is 17.5 Å². The number of aromatic hydroxyl groups is 1. The lowest BCUT2D eigenvalue weighted by molar-refractivity contribution is -0.185. The molecule has 8 heteroatoms. The minimum atomic E-state index is -0.890. The fraction of sp³-hybridized carbons (Fsp3) is 0.536. The summed E-state index contributed by atoms with van der Waals surface area (Å²) in [6.07, 6.45) is 6.52. The number of esters is 1. The van der Waals surface area contributed by atoms with Crippen molar-refractivity contribution in [3.63, 3.8) is 0 Å². The van der Waals surface area contributed by atoms with Crippen LogP contribution in [0.3, 0.4) is 0 Å². The number of fused-ring (bicyclic) bond motifs is 1. The van der Waals surface area contributed by atoms with E-state index in [9.17, 15) is 14.7 Å². The molecule has 3 aromatic rings. The number of hydrogen-bond acceptors (Lipinski definition) is 7. The Morgan fingerprint density at radius 3 is 2.64 bits per heavy atom. The quantitative estimate of drug-likeness (QED) is 0.390. The third-order valence-corrected chi connectivity index (χ3v) is 7.96. The molecule has 3 heterocycles. The maximum Gasteiger partial charge on any atom is 0.317 e. The number of aryl methyl sites for hydroxylation is 4. The van der Waals surface area contributed by atoms with Gasteiger partial charge in [0.25, 0.3) is 5.78 Å². The van der Waals surface area contributed by atoms with E-state index in [1.165, 1.54) is 0 Å². The second kappa shape index (κ2) is 9.64. The summed E-state index contributed by atoms with van der Waals surface area (Å²) in [5.41, 5.74) is 2.95. The minimum absolute atomic E-state index is 0.0854. The molecule has 2 aromatic heterocycles. The van der Waals surface area contributed by atoms with E-state index in [0.717, 1.165) is 54.6 Å². The van der Waals surface area contributed by atoms with E-state index in [-0.39, 0.29) is 24.5 Å². The molecule has 36 heavy (non-hydrogen) atoms. The number of carbonyl (C=O) groups excluding carboxylic acids is 2. The second-order valence-electron chi connectivity index (χ2n) is 10.5. The van der Waals surface area contributed by atoms with Gasteiger partial charge in [-0.15, -0.1) is 5.10 Å². The number of cyclic esters (lactones) is 1. The first kappa shape index (κ1) is 24.4. The zero-order valence-corrected chi connectivity index (χ0v) is 21.3. The third kappa shape index (κ3) is 4.61. The number of benzene rings is 1. The Morgan fingerprint density at radius 2 is 1.92 bits per heavy atom. The standard InChI is InChI=1S/C28H34N4O4/c1-4-20-14-19(9-10-23(20)33)11-12-28(21-7-5-6-8-21)16-24(34)22(26(35)36-28)15-25-30-27-29-17(2)13-18(3)32(27)31-25/h9-10,13-14,21-22,33H,4-8,11-12,15-16H2,1-3H3. The van der Waals surface area contributed by atoms with Crippen molar-refractivity contribution in [2.45, 2.75) is 84.2 Å². The highest BCUT2D eigenvalue weighted by atomic mass is 16.6. The SMILES string of the molecule is CCc1cc(CCC2(C3CCCC3)CC(=O)C(Cc3nc4nc(C)cc(C)n4n3)C(=O)O2)ccc1O. The Balaban J connectivity index is 1.36. The van der Waals surface area contributed by atoms with E-state index in [4.69, 9.17) is 4.74 Å². The molecule has 2 unspecified atom stereocenters. The Morgan fingerprint density at radius 1 is 1.14 bits per heavy atom. The molecule has 1 aliphatic heterocycles. The van der Waals surface area contributed by atoms with Crippen LogP contribution in [0.4, 0.5) is 0 Å². The van der Waals surface area contributed by atoms with Crippen LogP contribution in [0.1, 0.15) is 73.8 Å². The number of hydrogen-bond donors (Lipinski definition) is 1. The van der Waals surface area contributed by atoms with Gasteiger partial charge in [-0.05, 0) is 75.1 Å². The zero-order chi connectivity index (χ0) is 25.4. The Bertz CT molecular complexity index is 1290. The van der Waals surface area contributed by atoms with Crippen molar-refractivity contribution < 1.29 is 19.4 Å².